The van der Waals surface area contributed by atoms with Crippen LogP contribution in [0.5, 0.6) is 0 Å². The van der Waals surface area contributed by atoms with E-state index in [1.807, 2.05) is 0 Å². The molecule has 0 amide bonds. The summed E-state index contributed by atoms with van der Waals surface area (Å²) in [7, 11) is 0. The third-order valence-corrected chi connectivity index (χ3v) is 2.18. The van der Waals surface area contributed by atoms with E-state index in [1.165, 1.54) is 41.4 Å². The van der Waals surface area contributed by atoms with Gasteiger partial charge in [0.2, 0.25) is 0 Å². The summed E-state index contributed by atoms with van der Waals surface area (Å²) in [6, 6.07) is 5.70. The smallest absolute Gasteiger partial charge is 0.269 e. The van der Waals surface area contributed by atoms with Crippen molar-refractivity contribution in [3.05, 3.63) is 58.7 Å². The van der Waals surface area contributed by atoms with Crippen molar-refractivity contribution in [2.45, 2.75) is 0 Å². The van der Waals surface area contributed by atoms with Crippen molar-refractivity contribution >= 4 is 11.5 Å². The van der Waals surface area contributed by atoms with E-state index in [0.717, 1.165) is 0 Å². The number of aromatic nitrogens is 2. The van der Waals surface area contributed by atoms with E-state index in [1.54, 1.807) is 6.20 Å². The molecule has 0 saturated carbocycles. The Morgan fingerprint density at radius 1 is 1.41 bits per heavy atom. The lowest BCUT2D eigenvalue weighted by atomic mass is 10.2. The van der Waals surface area contributed by atoms with Crippen LogP contribution in [0.1, 0.15) is 5.56 Å². The second-order valence-corrected chi connectivity index (χ2v) is 3.20. The summed E-state index contributed by atoms with van der Waals surface area (Å²) in [6.07, 6.45) is 4.61. The molecule has 17 heavy (non-hydrogen) atoms. The molecule has 0 bridgehead atoms. The average molecular weight is 232 g/mol. The highest BCUT2D eigenvalue weighted by Gasteiger charge is 2.09. The molecule has 86 valence electrons. The van der Waals surface area contributed by atoms with Crippen molar-refractivity contribution < 1.29 is 10.1 Å². The zero-order valence-electron chi connectivity index (χ0n) is 8.59. The highest BCUT2D eigenvalue weighted by Crippen LogP contribution is 2.13. The molecule has 7 nitrogen and oxygen atoms in total. The lowest BCUT2D eigenvalue weighted by Gasteiger charge is -2.04. The van der Waals surface area contributed by atoms with Gasteiger partial charge in [0.05, 0.1) is 4.92 Å². The monoisotopic (exact) mass is 232 g/mol. The second-order valence-electron chi connectivity index (χ2n) is 3.20. The molecule has 2 aromatic rings. The Balaban J connectivity index is 2.37. The van der Waals surface area contributed by atoms with Crippen LogP contribution in [0, 0.1) is 10.1 Å². The first-order valence-corrected chi connectivity index (χ1v) is 4.67. The van der Waals surface area contributed by atoms with Gasteiger partial charge in [-0.1, -0.05) is 5.16 Å². The van der Waals surface area contributed by atoms with Crippen LogP contribution in [-0.2, 0) is 0 Å². The number of benzene rings is 1. The van der Waals surface area contributed by atoms with Gasteiger partial charge in [-0.3, -0.25) is 14.7 Å². The fourth-order valence-corrected chi connectivity index (χ4v) is 1.38. The van der Waals surface area contributed by atoms with Gasteiger partial charge in [-0.05, 0) is 12.1 Å². The van der Waals surface area contributed by atoms with Crippen LogP contribution in [0.2, 0.25) is 0 Å². The normalized spacial score (nSPS) is 11.4. The van der Waals surface area contributed by atoms with Crippen LogP contribution in [-0.4, -0.2) is 25.5 Å². The van der Waals surface area contributed by atoms with E-state index in [-0.39, 0.29) is 11.5 Å². The number of non-ortho nitro benzene ring substituents is 1. The number of nitro benzene ring substituents is 1. The third-order valence-electron chi connectivity index (χ3n) is 2.18. The van der Waals surface area contributed by atoms with Gasteiger partial charge >= 0.3 is 0 Å². The molecular weight excluding hydrogens is 224 g/mol. The van der Waals surface area contributed by atoms with Crippen molar-refractivity contribution in [3.63, 3.8) is 0 Å². The van der Waals surface area contributed by atoms with Crippen molar-refractivity contribution in [1.29, 1.82) is 0 Å². The maximum atomic E-state index is 10.5. The minimum Gasteiger partial charge on any atom is -0.409 e. The number of nitro groups is 1. The standard InChI is InChI=1S/C10H8N4O3/c15-12-10(13-6-5-11-7-13)8-1-3-9(4-2-8)14(16)17/h1-7,15H/b12-10-. The van der Waals surface area contributed by atoms with Gasteiger partial charge < -0.3 is 5.21 Å². The molecule has 0 spiro atoms. The maximum absolute atomic E-state index is 10.5. The molecule has 1 aromatic heterocycles. The Hall–Kier alpha value is -2.70. The number of imidazole rings is 1. The number of hydrogen-bond donors (Lipinski definition) is 1. The van der Waals surface area contributed by atoms with E-state index in [0.29, 0.717) is 5.56 Å². The molecule has 1 aromatic carbocycles. The lowest BCUT2D eigenvalue weighted by Crippen LogP contribution is -2.11. The molecule has 0 unspecified atom stereocenters. The molecule has 1 heterocycles. The minimum atomic E-state index is -0.489. The molecule has 2 rings (SSSR count). The largest absolute Gasteiger partial charge is 0.409 e. The topological polar surface area (TPSA) is 93.5 Å². The number of oxime groups is 1. The predicted molar refractivity (Wildman–Crippen MR) is 59.0 cm³/mol. The zero-order chi connectivity index (χ0) is 12.3. The van der Waals surface area contributed by atoms with E-state index >= 15 is 0 Å². The fraction of sp³-hybridized carbons (Fsp3) is 0. The molecule has 0 saturated heterocycles. The first-order valence-electron chi connectivity index (χ1n) is 4.67. The highest BCUT2D eigenvalue weighted by molar-refractivity contribution is 6.00. The van der Waals surface area contributed by atoms with Crippen LogP contribution in [0.25, 0.3) is 0 Å². The van der Waals surface area contributed by atoms with E-state index in [2.05, 4.69) is 10.1 Å². The first kappa shape index (κ1) is 10.8. The van der Waals surface area contributed by atoms with Crippen LogP contribution in [0.4, 0.5) is 5.69 Å². The van der Waals surface area contributed by atoms with Crippen molar-refractivity contribution in [2.24, 2.45) is 5.16 Å². The first-order chi connectivity index (χ1) is 8.22. The predicted octanol–water partition coefficient (Wildman–Crippen LogP) is 1.48. The van der Waals surface area contributed by atoms with Crippen molar-refractivity contribution in [3.8, 4) is 0 Å². The minimum absolute atomic E-state index is 0.0170. The summed E-state index contributed by atoms with van der Waals surface area (Å²) < 4.78 is 1.50. The summed E-state index contributed by atoms with van der Waals surface area (Å²) in [6.45, 7) is 0. The molecule has 7 heteroatoms. The summed E-state index contributed by atoms with van der Waals surface area (Å²) in [5.41, 5.74) is 0.535. The molecule has 0 radical (unpaired) electrons. The van der Waals surface area contributed by atoms with Crippen molar-refractivity contribution in [2.75, 3.05) is 0 Å². The molecule has 0 aliphatic rings. The van der Waals surface area contributed by atoms with E-state index in [9.17, 15) is 10.1 Å². The van der Waals surface area contributed by atoms with Gasteiger partial charge in [-0.15, -0.1) is 0 Å². The summed E-state index contributed by atoms with van der Waals surface area (Å²) in [5.74, 6) is 0.248. The molecule has 0 atom stereocenters. The molecule has 0 fully saturated rings. The highest BCUT2D eigenvalue weighted by atomic mass is 16.6. The zero-order valence-corrected chi connectivity index (χ0v) is 8.59. The van der Waals surface area contributed by atoms with Crippen LogP contribution in [0.15, 0.2) is 48.1 Å². The van der Waals surface area contributed by atoms with Crippen LogP contribution in [0.3, 0.4) is 0 Å². The number of nitrogens with zero attached hydrogens (tertiary/aromatic N) is 4. The molecule has 0 aliphatic heterocycles. The van der Waals surface area contributed by atoms with Gasteiger partial charge in [0.25, 0.3) is 5.69 Å². The molecular formula is C10H8N4O3. The quantitative estimate of drug-likeness (QED) is 0.279. The Morgan fingerprint density at radius 2 is 2.12 bits per heavy atom. The van der Waals surface area contributed by atoms with Gasteiger partial charge in [0, 0.05) is 30.1 Å². The van der Waals surface area contributed by atoms with Crippen LogP contribution >= 0.6 is 0 Å². The Morgan fingerprint density at radius 3 is 2.59 bits per heavy atom. The molecule has 1 N–H and O–H groups in total. The van der Waals surface area contributed by atoms with Gasteiger partial charge in [0.15, 0.2) is 5.84 Å². The third kappa shape index (κ3) is 2.12. The van der Waals surface area contributed by atoms with Gasteiger partial charge in [-0.25, -0.2) is 4.98 Å². The van der Waals surface area contributed by atoms with Crippen molar-refractivity contribution in [1.82, 2.24) is 9.55 Å². The molecule has 0 aliphatic carbocycles. The Bertz CT molecular complexity index is 545. The van der Waals surface area contributed by atoms with Gasteiger partial charge in [0.1, 0.15) is 6.33 Å². The Labute approximate surface area is 95.8 Å². The summed E-state index contributed by atoms with van der Waals surface area (Å²) >= 11 is 0. The SMILES string of the molecule is O=[N+]([O-])c1ccc(/C(=N/O)n2ccnc2)cc1. The summed E-state index contributed by atoms with van der Waals surface area (Å²) in [4.78, 5) is 13.8. The second kappa shape index (κ2) is 4.44. The number of hydrogen-bond acceptors (Lipinski definition) is 5. The summed E-state index contributed by atoms with van der Waals surface area (Å²) in [5, 5.41) is 22.6. The van der Waals surface area contributed by atoms with E-state index in [4.69, 9.17) is 5.21 Å². The lowest BCUT2D eigenvalue weighted by molar-refractivity contribution is -0.384. The fourth-order valence-electron chi connectivity index (χ4n) is 1.38. The Kier molecular flexibility index (Phi) is 2.82. The average Bonchev–Trinajstić information content (AvgIpc) is 2.84. The van der Waals surface area contributed by atoms with Gasteiger partial charge in [-0.2, -0.15) is 0 Å². The maximum Gasteiger partial charge on any atom is 0.269 e. The van der Waals surface area contributed by atoms with Crippen LogP contribution < -0.4 is 0 Å². The van der Waals surface area contributed by atoms with E-state index < -0.39 is 4.92 Å². The number of rotatable bonds is 2.